The third-order valence-corrected chi connectivity index (χ3v) is 3.36. The number of nitrogen functional groups attached to an aromatic ring is 1. The molecule has 0 radical (unpaired) electrons. The number of nitrogens with two attached hydrogens (primary N) is 1. The number of carbonyl (C=O) groups is 1. The van der Waals surface area contributed by atoms with Crippen LogP contribution in [-0.2, 0) is 4.74 Å². The molecule has 0 aromatic heterocycles. The predicted molar refractivity (Wildman–Crippen MR) is 81.4 cm³/mol. The van der Waals surface area contributed by atoms with E-state index >= 15 is 0 Å². The monoisotopic (exact) mass is 355 g/mol. The molecular weight excluding hydrogens is 346 g/mol. The molecule has 0 unspecified atom stereocenters. The molecular formula is C14H11BrClNO3. The van der Waals surface area contributed by atoms with Gasteiger partial charge in [0.25, 0.3) is 0 Å². The number of esters is 1. The summed E-state index contributed by atoms with van der Waals surface area (Å²) in [5.41, 5.74) is 6.42. The summed E-state index contributed by atoms with van der Waals surface area (Å²) in [5, 5.41) is 0.410. The van der Waals surface area contributed by atoms with Gasteiger partial charge >= 0.3 is 5.97 Å². The maximum atomic E-state index is 11.7. The first kappa shape index (κ1) is 14.7. The fourth-order valence-corrected chi connectivity index (χ4v) is 2.10. The first-order valence-electron chi connectivity index (χ1n) is 5.62. The van der Waals surface area contributed by atoms with E-state index < -0.39 is 5.97 Å². The summed E-state index contributed by atoms with van der Waals surface area (Å²) in [4.78, 5) is 11.7. The van der Waals surface area contributed by atoms with E-state index in [0.29, 0.717) is 16.5 Å². The molecule has 2 aromatic rings. The highest BCUT2D eigenvalue weighted by Crippen LogP contribution is 2.36. The van der Waals surface area contributed by atoms with Crippen molar-refractivity contribution in [3.05, 3.63) is 51.5 Å². The van der Waals surface area contributed by atoms with Crippen molar-refractivity contribution in [2.75, 3.05) is 12.8 Å². The predicted octanol–water partition coefficient (Wildman–Crippen LogP) is 4.26. The zero-order valence-corrected chi connectivity index (χ0v) is 12.9. The average Bonchev–Trinajstić information content (AvgIpc) is 2.44. The summed E-state index contributed by atoms with van der Waals surface area (Å²) >= 11 is 9.39. The Morgan fingerprint density at radius 2 is 2.05 bits per heavy atom. The number of methoxy groups -OCH3 is 1. The largest absolute Gasteiger partial charge is 0.465 e. The second kappa shape index (κ2) is 6.15. The number of para-hydroxylation sites is 1. The third kappa shape index (κ3) is 3.05. The van der Waals surface area contributed by atoms with Crippen LogP contribution in [-0.4, -0.2) is 13.1 Å². The van der Waals surface area contributed by atoms with Crippen LogP contribution in [0.4, 0.5) is 5.69 Å². The molecule has 2 aromatic carbocycles. The van der Waals surface area contributed by atoms with E-state index in [1.54, 1.807) is 36.4 Å². The Morgan fingerprint density at radius 3 is 2.75 bits per heavy atom. The van der Waals surface area contributed by atoms with Crippen LogP contribution < -0.4 is 10.5 Å². The summed E-state index contributed by atoms with van der Waals surface area (Å²) in [6.07, 6.45) is 0. The number of benzene rings is 2. The van der Waals surface area contributed by atoms with Gasteiger partial charge in [-0.25, -0.2) is 4.79 Å². The van der Waals surface area contributed by atoms with E-state index in [1.165, 1.54) is 7.11 Å². The normalized spacial score (nSPS) is 10.2. The van der Waals surface area contributed by atoms with Crippen LogP contribution in [0.3, 0.4) is 0 Å². The Kier molecular flexibility index (Phi) is 4.52. The highest BCUT2D eigenvalue weighted by atomic mass is 79.9. The van der Waals surface area contributed by atoms with Gasteiger partial charge in [0.15, 0.2) is 5.75 Å². The van der Waals surface area contributed by atoms with Gasteiger partial charge in [-0.2, -0.15) is 0 Å². The van der Waals surface area contributed by atoms with Crippen LogP contribution in [0.5, 0.6) is 11.5 Å². The van der Waals surface area contributed by atoms with Crippen LogP contribution in [0.2, 0.25) is 5.02 Å². The van der Waals surface area contributed by atoms with Gasteiger partial charge in [-0.15, -0.1) is 0 Å². The minimum atomic E-state index is -0.529. The lowest BCUT2D eigenvalue weighted by Crippen LogP contribution is -2.05. The standard InChI is InChI=1S/C14H11BrClNO3/c1-19-14(18)9-3-2-4-11(17)13(9)20-12-7-8(15)5-6-10(12)16/h2-7H,17H2,1H3. The van der Waals surface area contributed by atoms with Crippen LogP contribution in [0, 0.1) is 0 Å². The number of ether oxygens (including phenoxy) is 2. The molecule has 104 valence electrons. The van der Waals surface area contributed by atoms with Gasteiger partial charge in [-0.1, -0.05) is 33.6 Å². The summed E-state index contributed by atoms with van der Waals surface area (Å²) in [6, 6.07) is 10.0. The van der Waals surface area contributed by atoms with E-state index in [4.69, 9.17) is 26.8 Å². The molecule has 0 saturated carbocycles. The summed E-state index contributed by atoms with van der Waals surface area (Å²) in [7, 11) is 1.29. The number of hydrogen-bond acceptors (Lipinski definition) is 4. The van der Waals surface area contributed by atoms with Gasteiger partial charge in [0.1, 0.15) is 11.3 Å². The van der Waals surface area contributed by atoms with Crippen LogP contribution in [0.1, 0.15) is 10.4 Å². The SMILES string of the molecule is COC(=O)c1cccc(N)c1Oc1cc(Br)ccc1Cl. The number of anilines is 1. The van der Waals surface area contributed by atoms with E-state index in [1.807, 2.05) is 0 Å². The van der Waals surface area contributed by atoms with Crippen LogP contribution >= 0.6 is 27.5 Å². The zero-order chi connectivity index (χ0) is 14.7. The molecule has 20 heavy (non-hydrogen) atoms. The highest BCUT2D eigenvalue weighted by Gasteiger charge is 2.17. The lowest BCUT2D eigenvalue weighted by molar-refractivity contribution is 0.0598. The molecule has 2 N–H and O–H groups in total. The van der Waals surface area contributed by atoms with Gasteiger partial charge in [0.05, 0.1) is 17.8 Å². The van der Waals surface area contributed by atoms with Crippen molar-refractivity contribution in [1.82, 2.24) is 0 Å². The quantitative estimate of drug-likeness (QED) is 0.659. The Balaban J connectivity index is 2.47. The number of hydrogen-bond donors (Lipinski definition) is 1. The molecule has 0 atom stereocenters. The second-order valence-electron chi connectivity index (χ2n) is 3.89. The van der Waals surface area contributed by atoms with Crippen molar-refractivity contribution in [1.29, 1.82) is 0 Å². The van der Waals surface area contributed by atoms with E-state index in [9.17, 15) is 4.79 Å². The van der Waals surface area contributed by atoms with Gasteiger partial charge in [0, 0.05) is 4.47 Å². The third-order valence-electron chi connectivity index (χ3n) is 2.56. The van der Waals surface area contributed by atoms with Gasteiger partial charge in [0.2, 0.25) is 0 Å². The number of halogens is 2. The Morgan fingerprint density at radius 1 is 1.30 bits per heavy atom. The minimum Gasteiger partial charge on any atom is -0.465 e. The molecule has 0 aliphatic carbocycles. The van der Waals surface area contributed by atoms with Crippen molar-refractivity contribution in [3.8, 4) is 11.5 Å². The zero-order valence-electron chi connectivity index (χ0n) is 10.5. The fraction of sp³-hybridized carbons (Fsp3) is 0.0714. The van der Waals surface area contributed by atoms with E-state index in [0.717, 1.165) is 4.47 Å². The molecule has 0 heterocycles. The van der Waals surface area contributed by atoms with Crippen LogP contribution in [0.15, 0.2) is 40.9 Å². The lowest BCUT2D eigenvalue weighted by atomic mass is 10.1. The smallest absolute Gasteiger partial charge is 0.341 e. The topological polar surface area (TPSA) is 61.5 Å². The first-order chi connectivity index (χ1) is 9.52. The Hall–Kier alpha value is -1.72. The molecule has 0 bridgehead atoms. The van der Waals surface area contributed by atoms with Crippen molar-refractivity contribution < 1.29 is 14.3 Å². The van der Waals surface area contributed by atoms with Gasteiger partial charge in [-0.3, -0.25) is 0 Å². The molecule has 4 nitrogen and oxygen atoms in total. The van der Waals surface area contributed by atoms with E-state index in [2.05, 4.69) is 15.9 Å². The molecule has 6 heteroatoms. The summed E-state index contributed by atoms with van der Waals surface area (Å²) in [5.74, 6) is 0.0851. The lowest BCUT2D eigenvalue weighted by Gasteiger charge is -2.13. The highest BCUT2D eigenvalue weighted by molar-refractivity contribution is 9.10. The van der Waals surface area contributed by atoms with E-state index in [-0.39, 0.29) is 11.3 Å². The van der Waals surface area contributed by atoms with Gasteiger partial charge < -0.3 is 15.2 Å². The summed E-state index contributed by atoms with van der Waals surface area (Å²) < 4.78 is 11.2. The minimum absolute atomic E-state index is 0.222. The molecule has 0 aliphatic heterocycles. The number of carbonyl (C=O) groups excluding carboxylic acids is 1. The van der Waals surface area contributed by atoms with Crippen molar-refractivity contribution in [2.45, 2.75) is 0 Å². The Bertz CT molecular complexity index is 661. The Labute approximate surface area is 129 Å². The second-order valence-corrected chi connectivity index (χ2v) is 5.22. The molecule has 0 saturated heterocycles. The van der Waals surface area contributed by atoms with Gasteiger partial charge in [-0.05, 0) is 30.3 Å². The van der Waals surface area contributed by atoms with Crippen LogP contribution in [0.25, 0.3) is 0 Å². The first-order valence-corrected chi connectivity index (χ1v) is 6.79. The average molecular weight is 357 g/mol. The molecule has 0 spiro atoms. The number of rotatable bonds is 3. The molecule has 0 amide bonds. The van der Waals surface area contributed by atoms with Crippen molar-refractivity contribution in [3.63, 3.8) is 0 Å². The van der Waals surface area contributed by atoms with Crippen molar-refractivity contribution >= 4 is 39.2 Å². The summed E-state index contributed by atoms with van der Waals surface area (Å²) in [6.45, 7) is 0. The van der Waals surface area contributed by atoms with Crippen molar-refractivity contribution in [2.24, 2.45) is 0 Å². The molecule has 2 rings (SSSR count). The maximum absolute atomic E-state index is 11.7. The molecule has 0 aliphatic rings. The molecule has 0 fully saturated rings. The fourth-order valence-electron chi connectivity index (χ4n) is 1.60. The maximum Gasteiger partial charge on any atom is 0.341 e.